The van der Waals surface area contributed by atoms with Gasteiger partial charge in [-0.15, -0.1) is 0 Å². The van der Waals surface area contributed by atoms with Gasteiger partial charge in [-0.25, -0.2) is 4.98 Å². The van der Waals surface area contributed by atoms with Crippen LogP contribution < -0.4 is 10.6 Å². The van der Waals surface area contributed by atoms with Gasteiger partial charge in [0.15, 0.2) is 11.7 Å². The van der Waals surface area contributed by atoms with Crippen LogP contribution in [0.15, 0.2) is 34.7 Å². The van der Waals surface area contributed by atoms with Gasteiger partial charge in [-0.2, -0.15) is 0 Å². The second-order valence-corrected chi connectivity index (χ2v) is 6.40. The molecule has 2 heterocycles. The lowest BCUT2D eigenvalue weighted by Gasteiger charge is -2.22. The van der Waals surface area contributed by atoms with Crippen LogP contribution in [0.5, 0.6) is 0 Å². The summed E-state index contributed by atoms with van der Waals surface area (Å²) in [6, 6.07) is 9.93. The lowest BCUT2D eigenvalue weighted by atomic mass is 10.00. The Bertz CT molecular complexity index is 661. The lowest BCUT2D eigenvalue weighted by Crippen LogP contribution is -2.38. The molecule has 2 aromatic rings. The lowest BCUT2D eigenvalue weighted by molar-refractivity contribution is -0.121. The molecule has 1 fully saturated rings. The van der Waals surface area contributed by atoms with Crippen LogP contribution >= 0.6 is 0 Å². The highest BCUT2D eigenvalue weighted by molar-refractivity contribution is 5.76. The number of rotatable bonds is 6. The predicted octanol–water partition coefficient (Wildman–Crippen LogP) is 2.70. The summed E-state index contributed by atoms with van der Waals surface area (Å²) in [5, 5.41) is 6.39. The minimum absolute atomic E-state index is 0.0673. The molecule has 0 bridgehead atoms. The highest BCUT2D eigenvalue weighted by Gasteiger charge is 2.15. The Morgan fingerprint density at radius 2 is 2.21 bits per heavy atom. The molecule has 1 aliphatic rings. The van der Waals surface area contributed by atoms with E-state index in [1.54, 1.807) is 0 Å². The van der Waals surface area contributed by atoms with Crippen molar-refractivity contribution in [2.45, 2.75) is 32.6 Å². The Morgan fingerprint density at radius 3 is 2.96 bits per heavy atom. The Hall–Kier alpha value is -2.14. The Morgan fingerprint density at radius 1 is 1.38 bits per heavy atom. The minimum atomic E-state index is 0.0673. The first-order valence-corrected chi connectivity index (χ1v) is 8.71. The van der Waals surface area contributed by atoms with E-state index in [9.17, 15) is 4.79 Å². The first kappa shape index (κ1) is 16.7. The zero-order chi connectivity index (χ0) is 16.8. The third kappa shape index (κ3) is 4.45. The standard InChI is InChI=1S/C19H25N3O2/c1-14-19(16-7-3-2-4-8-16)24-18(22-14)10-9-17(23)21-13-15-6-5-11-20-12-15/h2-4,7-8,15,20H,5-6,9-13H2,1H3,(H,21,23). The molecule has 24 heavy (non-hydrogen) atoms. The van der Waals surface area contributed by atoms with E-state index in [2.05, 4.69) is 15.6 Å². The van der Waals surface area contributed by atoms with Crippen molar-refractivity contribution in [2.24, 2.45) is 5.92 Å². The number of amides is 1. The fraction of sp³-hybridized carbons (Fsp3) is 0.474. The smallest absolute Gasteiger partial charge is 0.220 e. The van der Waals surface area contributed by atoms with Crippen molar-refractivity contribution in [3.63, 3.8) is 0 Å². The van der Waals surface area contributed by atoms with Crippen LogP contribution in [0.1, 0.15) is 30.8 Å². The molecule has 1 atom stereocenters. The number of hydrogen-bond donors (Lipinski definition) is 2. The minimum Gasteiger partial charge on any atom is -0.440 e. The Balaban J connectivity index is 1.49. The number of carbonyl (C=O) groups is 1. The van der Waals surface area contributed by atoms with Gasteiger partial charge in [0.25, 0.3) is 0 Å². The number of oxazole rings is 1. The van der Waals surface area contributed by atoms with Crippen molar-refractivity contribution in [3.05, 3.63) is 41.9 Å². The van der Waals surface area contributed by atoms with E-state index in [1.807, 2.05) is 37.3 Å². The highest BCUT2D eigenvalue weighted by Crippen LogP contribution is 2.24. The van der Waals surface area contributed by atoms with Crippen molar-refractivity contribution < 1.29 is 9.21 Å². The SMILES string of the molecule is Cc1nc(CCC(=O)NCC2CCCNC2)oc1-c1ccccc1. The molecule has 2 N–H and O–H groups in total. The van der Waals surface area contributed by atoms with Gasteiger partial charge in [0.05, 0.1) is 5.69 Å². The number of nitrogens with one attached hydrogen (secondary N) is 2. The zero-order valence-corrected chi connectivity index (χ0v) is 14.2. The number of piperidine rings is 1. The number of hydrogen-bond acceptors (Lipinski definition) is 4. The van der Waals surface area contributed by atoms with Gasteiger partial charge in [-0.3, -0.25) is 4.79 Å². The average molecular weight is 327 g/mol. The van der Waals surface area contributed by atoms with E-state index in [0.717, 1.165) is 36.7 Å². The molecule has 0 radical (unpaired) electrons. The van der Waals surface area contributed by atoms with Gasteiger partial charge in [0.1, 0.15) is 0 Å². The maximum Gasteiger partial charge on any atom is 0.220 e. The number of aryl methyl sites for hydroxylation is 2. The highest BCUT2D eigenvalue weighted by atomic mass is 16.4. The molecule has 5 heteroatoms. The van der Waals surface area contributed by atoms with Crippen molar-refractivity contribution >= 4 is 5.91 Å². The molecule has 3 rings (SSSR count). The maximum absolute atomic E-state index is 12.0. The van der Waals surface area contributed by atoms with E-state index in [0.29, 0.717) is 24.7 Å². The average Bonchev–Trinajstić information content (AvgIpc) is 3.00. The second kappa shape index (κ2) is 8.11. The van der Waals surface area contributed by atoms with Gasteiger partial charge < -0.3 is 15.1 Å². The molecule has 1 aromatic carbocycles. The largest absolute Gasteiger partial charge is 0.440 e. The number of aromatic nitrogens is 1. The quantitative estimate of drug-likeness (QED) is 0.856. The van der Waals surface area contributed by atoms with Gasteiger partial charge in [0, 0.05) is 24.9 Å². The molecule has 1 amide bonds. The van der Waals surface area contributed by atoms with Crippen molar-refractivity contribution in [3.8, 4) is 11.3 Å². The van der Waals surface area contributed by atoms with E-state index >= 15 is 0 Å². The van der Waals surface area contributed by atoms with E-state index in [4.69, 9.17) is 4.42 Å². The molecule has 1 aliphatic heterocycles. The summed E-state index contributed by atoms with van der Waals surface area (Å²) in [6.45, 7) is 4.79. The first-order chi connectivity index (χ1) is 11.7. The van der Waals surface area contributed by atoms with Crippen LogP contribution in [0.3, 0.4) is 0 Å². The molecule has 0 aliphatic carbocycles. The fourth-order valence-electron chi connectivity index (χ4n) is 3.08. The summed E-state index contributed by atoms with van der Waals surface area (Å²) in [4.78, 5) is 16.5. The summed E-state index contributed by atoms with van der Waals surface area (Å²) in [5.74, 6) is 2.04. The monoisotopic (exact) mass is 327 g/mol. The van der Waals surface area contributed by atoms with E-state index in [-0.39, 0.29) is 5.91 Å². The Kier molecular flexibility index (Phi) is 5.64. The summed E-state index contributed by atoms with van der Waals surface area (Å²) in [5.41, 5.74) is 1.88. The van der Waals surface area contributed by atoms with Gasteiger partial charge in [0.2, 0.25) is 5.91 Å². The third-order valence-electron chi connectivity index (χ3n) is 4.43. The predicted molar refractivity (Wildman–Crippen MR) is 93.6 cm³/mol. The molecule has 0 spiro atoms. The van der Waals surface area contributed by atoms with Crippen LogP contribution in [0.25, 0.3) is 11.3 Å². The van der Waals surface area contributed by atoms with Crippen LogP contribution in [0.2, 0.25) is 0 Å². The van der Waals surface area contributed by atoms with E-state index in [1.165, 1.54) is 12.8 Å². The number of benzene rings is 1. The topological polar surface area (TPSA) is 67.2 Å². The third-order valence-corrected chi connectivity index (χ3v) is 4.43. The summed E-state index contributed by atoms with van der Waals surface area (Å²) < 4.78 is 5.84. The number of carbonyl (C=O) groups excluding carboxylic acids is 1. The second-order valence-electron chi connectivity index (χ2n) is 6.40. The van der Waals surface area contributed by atoms with Gasteiger partial charge >= 0.3 is 0 Å². The van der Waals surface area contributed by atoms with Crippen LogP contribution in [-0.2, 0) is 11.2 Å². The van der Waals surface area contributed by atoms with Gasteiger partial charge in [-0.1, -0.05) is 30.3 Å². The van der Waals surface area contributed by atoms with E-state index < -0.39 is 0 Å². The summed E-state index contributed by atoms with van der Waals surface area (Å²) in [7, 11) is 0. The van der Waals surface area contributed by atoms with Crippen LogP contribution in [0.4, 0.5) is 0 Å². The van der Waals surface area contributed by atoms with Crippen LogP contribution in [0, 0.1) is 12.8 Å². The molecule has 1 unspecified atom stereocenters. The maximum atomic E-state index is 12.0. The fourth-order valence-corrected chi connectivity index (χ4v) is 3.08. The van der Waals surface area contributed by atoms with Crippen molar-refractivity contribution in [1.29, 1.82) is 0 Å². The van der Waals surface area contributed by atoms with Crippen molar-refractivity contribution in [1.82, 2.24) is 15.6 Å². The molecule has 1 aromatic heterocycles. The molecule has 5 nitrogen and oxygen atoms in total. The van der Waals surface area contributed by atoms with Crippen LogP contribution in [-0.4, -0.2) is 30.5 Å². The molecular weight excluding hydrogens is 302 g/mol. The van der Waals surface area contributed by atoms with Gasteiger partial charge in [-0.05, 0) is 38.8 Å². The summed E-state index contributed by atoms with van der Waals surface area (Å²) in [6.07, 6.45) is 3.32. The Labute approximate surface area is 142 Å². The zero-order valence-electron chi connectivity index (χ0n) is 14.2. The first-order valence-electron chi connectivity index (χ1n) is 8.71. The summed E-state index contributed by atoms with van der Waals surface area (Å²) >= 11 is 0. The molecule has 0 saturated carbocycles. The molecule has 128 valence electrons. The number of nitrogens with zero attached hydrogens (tertiary/aromatic N) is 1. The normalized spacial score (nSPS) is 17.6. The molecule has 1 saturated heterocycles. The molecular formula is C19H25N3O2. The van der Waals surface area contributed by atoms with Crippen molar-refractivity contribution in [2.75, 3.05) is 19.6 Å².